The molecule has 1 aliphatic rings. The van der Waals surface area contributed by atoms with Gasteiger partial charge in [-0.15, -0.1) is 0 Å². The maximum atomic E-state index is 9.79. The van der Waals surface area contributed by atoms with E-state index in [2.05, 4.69) is 17.1 Å². The molecular weight excluding hydrogens is 216 g/mol. The first-order valence-electron chi connectivity index (χ1n) is 6.72. The van der Waals surface area contributed by atoms with E-state index in [1.807, 2.05) is 6.92 Å². The smallest absolute Gasteiger partial charge is 0.229 e. The van der Waals surface area contributed by atoms with Crippen molar-refractivity contribution in [2.24, 2.45) is 5.92 Å². The third-order valence-corrected chi connectivity index (χ3v) is 3.68. The molecule has 2 rings (SSSR count). The maximum Gasteiger partial charge on any atom is 0.229 e. The van der Waals surface area contributed by atoms with Gasteiger partial charge in [-0.25, -0.2) is 0 Å². The third-order valence-electron chi connectivity index (χ3n) is 3.68. The molecule has 1 heterocycles. The molecule has 1 atom stereocenters. The van der Waals surface area contributed by atoms with Gasteiger partial charge >= 0.3 is 0 Å². The van der Waals surface area contributed by atoms with Crippen molar-refractivity contribution in [3.05, 3.63) is 11.7 Å². The highest BCUT2D eigenvalue weighted by atomic mass is 16.5. The minimum Gasteiger partial charge on any atom is -0.385 e. The highest BCUT2D eigenvalue weighted by Gasteiger charge is 2.25. The summed E-state index contributed by atoms with van der Waals surface area (Å²) in [6, 6.07) is 0. The molecule has 96 valence electrons. The lowest BCUT2D eigenvalue weighted by molar-refractivity contribution is 0.152. The van der Waals surface area contributed by atoms with E-state index in [0.717, 1.165) is 31.1 Å². The van der Waals surface area contributed by atoms with Crippen molar-refractivity contribution in [3.63, 3.8) is 0 Å². The van der Waals surface area contributed by atoms with Gasteiger partial charge in [-0.2, -0.15) is 4.98 Å². The Morgan fingerprint density at radius 1 is 1.35 bits per heavy atom. The first kappa shape index (κ1) is 12.6. The summed E-state index contributed by atoms with van der Waals surface area (Å²) in [7, 11) is 0. The van der Waals surface area contributed by atoms with Crippen molar-refractivity contribution < 1.29 is 9.63 Å². The molecule has 0 saturated heterocycles. The largest absolute Gasteiger partial charge is 0.385 e. The molecule has 0 aromatic carbocycles. The first-order valence-corrected chi connectivity index (χ1v) is 6.72. The number of aromatic nitrogens is 2. The van der Waals surface area contributed by atoms with Crippen LogP contribution in [0.4, 0.5) is 0 Å². The van der Waals surface area contributed by atoms with Crippen LogP contribution in [-0.4, -0.2) is 15.2 Å². The molecule has 0 spiro atoms. The third kappa shape index (κ3) is 3.06. The molecule has 1 aromatic rings. The molecule has 17 heavy (non-hydrogen) atoms. The van der Waals surface area contributed by atoms with Gasteiger partial charge < -0.3 is 9.63 Å². The second-order valence-electron chi connectivity index (χ2n) is 5.25. The zero-order valence-corrected chi connectivity index (χ0v) is 10.7. The lowest BCUT2D eigenvalue weighted by atomic mass is 9.83. The molecule has 1 fully saturated rings. The van der Waals surface area contributed by atoms with E-state index in [1.165, 1.54) is 12.8 Å². The fourth-order valence-corrected chi connectivity index (χ4v) is 2.46. The first-order chi connectivity index (χ1) is 8.20. The molecule has 0 amide bonds. The van der Waals surface area contributed by atoms with Crippen LogP contribution in [0.1, 0.15) is 76.1 Å². The van der Waals surface area contributed by atoms with Crippen molar-refractivity contribution in [3.8, 4) is 0 Å². The lowest BCUT2D eigenvalue weighted by Gasteiger charge is -2.23. The predicted molar refractivity (Wildman–Crippen MR) is 64.5 cm³/mol. The van der Waals surface area contributed by atoms with Gasteiger partial charge in [0, 0.05) is 5.92 Å². The van der Waals surface area contributed by atoms with Gasteiger partial charge in [0.2, 0.25) is 5.89 Å². The average molecular weight is 238 g/mol. The Labute approximate surface area is 102 Å². The summed E-state index contributed by atoms with van der Waals surface area (Å²) in [5.41, 5.74) is 0. The van der Waals surface area contributed by atoms with Crippen LogP contribution in [0.2, 0.25) is 0 Å². The second-order valence-corrected chi connectivity index (χ2v) is 5.25. The predicted octanol–water partition coefficient (Wildman–Crippen LogP) is 3.20. The molecular formula is C13H22N2O2. The van der Waals surface area contributed by atoms with Gasteiger partial charge in [0.05, 0.1) is 0 Å². The van der Waals surface area contributed by atoms with Crippen LogP contribution in [0.3, 0.4) is 0 Å². The fourth-order valence-electron chi connectivity index (χ4n) is 2.46. The van der Waals surface area contributed by atoms with Crippen molar-refractivity contribution in [1.29, 1.82) is 0 Å². The summed E-state index contributed by atoms with van der Waals surface area (Å²) in [5.74, 6) is 2.41. The minimum atomic E-state index is -0.569. The van der Waals surface area contributed by atoms with E-state index in [1.54, 1.807) is 0 Å². The van der Waals surface area contributed by atoms with Gasteiger partial charge in [-0.05, 0) is 38.0 Å². The van der Waals surface area contributed by atoms with E-state index in [4.69, 9.17) is 4.52 Å². The molecule has 1 N–H and O–H groups in total. The number of aliphatic hydroxyl groups excluding tert-OH is 1. The van der Waals surface area contributed by atoms with E-state index in [9.17, 15) is 5.11 Å². The molecule has 1 saturated carbocycles. The second kappa shape index (κ2) is 5.63. The molecule has 4 nitrogen and oxygen atoms in total. The van der Waals surface area contributed by atoms with Crippen LogP contribution in [-0.2, 0) is 0 Å². The number of nitrogens with zero attached hydrogens (tertiary/aromatic N) is 2. The molecule has 0 radical (unpaired) electrons. The van der Waals surface area contributed by atoms with Crippen molar-refractivity contribution in [1.82, 2.24) is 10.1 Å². The standard InChI is InChI=1S/C13H22N2O2/c1-3-4-11(16)12-14-13(17-15-12)10-7-5-9(2)6-8-10/h9-11,16H,3-8H2,1-2H3. The molecule has 0 aliphatic heterocycles. The lowest BCUT2D eigenvalue weighted by Crippen LogP contribution is -2.11. The van der Waals surface area contributed by atoms with Gasteiger partial charge in [-0.3, -0.25) is 0 Å². The van der Waals surface area contributed by atoms with Gasteiger partial charge in [-0.1, -0.05) is 25.4 Å². The average Bonchev–Trinajstić information content (AvgIpc) is 2.80. The minimum absolute atomic E-state index is 0.404. The van der Waals surface area contributed by atoms with Crippen LogP contribution in [0, 0.1) is 5.92 Å². The number of hydrogen-bond donors (Lipinski definition) is 1. The molecule has 1 aliphatic carbocycles. The molecule has 0 bridgehead atoms. The monoisotopic (exact) mass is 238 g/mol. The Morgan fingerprint density at radius 2 is 2.06 bits per heavy atom. The number of rotatable bonds is 4. The highest BCUT2D eigenvalue weighted by molar-refractivity contribution is 4.97. The van der Waals surface area contributed by atoms with Gasteiger partial charge in [0.1, 0.15) is 6.10 Å². The van der Waals surface area contributed by atoms with E-state index in [-0.39, 0.29) is 0 Å². The van der Waals surface area contributed by atoms with Crippen LogP contribution < -0.4 is 0 Å². The number of hydrogen-bond acceptors (Lipinski definition) is 4. The Morgan fingerprint density at radius 3 is 2.71 bits per heavy atom. The van der Waals surface area contributed by atoms with Crippen LogP contribution in [0.15, 0.2) is 4.52 Å². The van der Waals surface area contributed by atoms with E-state index in [0.29, 0.717) is 18.2 Å². The topological polar surface area (TPSA) is 59.2 Å². The van der Waals surface area contributed by atoms with Crippen molar-refractivity contribution in [2.45, 2.75) is 64.4 Å². The van der Waals surface area contributed by atoms with Crippen molar-refractivity contribution >= 4 is 0 Å². The van der Waals surface area contributed by atoms with E-state index < -0.39 is 6.10 Å². The quantitative estimate of drug-likeness (QED) is 0.875. The summed E-state index contributed by atoms with van der Waals surface area (Å²) < 4.78 is 5.29. The normalized spacial score (nSPS) is 27.0. The molecule has 1 aromatic heterocycles. The zero-order chi connectivity index (χ0) is 12.3. The van der Waals surface area contributed by atoms with Crippen molar-refractivity contribution in [2.75, 3.05) is 0 Å². The summed E-state index contributed by atoms with van der Waals surface area (Å²) >= 11 is 0. The molecule has 4 heteroatoms. The molecule has 1 unspecified atom stereocenters. The summed E-state index contributed by atoms with van der Waals surface area (Å²) in [6.45, 7) is 4.33. The Bertz CT molecular complexity index is 343. The Hall–Kier alpha value is -0.900. The fraction of sp³-hybridized carbons (Fsp3) is 0.846. The number of aliphatic hydroxyl groups is 1. The maximum absolute atomic E-state index is 9.79. The highest BCUT2D eigenvalue weighted by Crippen LogP contribution is 2.35. The van der Waals surface area contributed by atoms with Gasteiger partial charge in [0.25, 0.3) is 0 Å². The van der Waals surface area contributed by atoms with Crippen LogP contribution in [0.25, 0.3) is 0 Å². The van der Waals surface area contributed by atoms with Crippen LogP contribution >= 0.6 is 0 Å². The summed E-state index contributed by atoms with van der Waals surface area (Å²) in [5, 5.41) is 13.7. The Kier molecular flexibility index (Phi) is 4.15. The zero-order valence-electron chi connectivity index (χ0n) is 10.7. The summed E-state index contributed by atoms with van der Waals surface area (Å²) in [4.78, 5) is 4.35. The van der Waals surface area contributed by atoms with Crippen LogP contribution in [0.5, 0.6) is 0 Å². The van der Waals surface area contributed by atoms with Gasteiger partial charge in [0.15, 0.2) is 5.82 Å². The Balaban J connectivity index is 1.98. The summed E-state index contributed by atoms with van der Waals surface area (Å²) in [6.07, 6.45) is 5.78. The SMILES string of the molecule is CCCC(O)c1noc(C2CCC(C)CC2)n1. The van der Waals surface area contributed by atoms with E-state index >= 15 is 0 Å².